The summed E-state index contributed by atoms with van der Waals surface area (Å²) in [6.45, 7) is 5.93. The largest absolute Gasteiger partial charge is 0.349 e. The molecule has 0 spiro atoms. The van der Waals surface area contributed by atoms with Crippen LogP contribution in [-0.4, -0.2) is 11.9 Å². The molecule has 2 heteroatoms. The van der Waals surface area contributed by atoms with Gasteiger partial charge in [0.25, 0.3) is 0 Å². The highest BCUT2D eigenvalue weighted by molar-refractivity contribution is 5.84. The standard InChI is InChI=1S/C9H15NO/c1-4-5-7-6-9(2,3)8(11)10-7/h4-5,7H,6H2,1-3H3,(H,10,11)/b5-4+. The Morgan fingerprint density at radius 2 is 2.27 bits per heavy atom. The number of amides is 1. The van der Waals surface area contributed by atoms with Crippen molar-refractivity contribution in [3.05, 3.63) is 12.2 Å². The lowest BCUT2D eigenvalue weighted by Gasteiger charge is -2.11. The topological polar surface area (TPSA) is 29.1 Å². The summed E-state index contributed by atoms with van der Waals surface area (Å²) in [4.78, 5) is 11.2. The summed E-state index contributed by atoms with van der Waals surface area (Å²) in [6, 6.07) is 0.252. The van der Waals surface area contributed by atoms with Gasteiger partial charge in [-0.15, -0.1) is 0 Å². The van der Waals surface area contributed by atoms with E-state index in [1.54, 1.807) is 0 Å². The number of allylic oxidation sites excluding steroid dienone is 1. The first-order chi connectivity index (χ1) is 5.06. The maximum absolute atomic E-state index is 11.2. The molecule has 2 nitrogen and oxygen atoms in total. The third-order valence-corrected chi connectivity index (χ3v) is 2.09. The van der Waals surface area contributed by atoms with Gasteiger partial charge in [0.1, 0.15) is 0 Å². The van der Waals surface area contributed by atoms with Gasteiger partial charge in [0.05, 0.1) is 0 Å². The second-order valence-electron chi connectivity index (χ2n) is 3.69. The summed E-state index contributed by atoms with van der Waals surface area (Å²) >= 11 is 0. The minimum atomic E-state index is -0.176. The van der Waals surface area contributed by atoms with Crippen LogP contribution in [0.2, 0.25) is 0 Å². The molecule has 11 heavy (non-hydrogen) atoms. The van der Waals surface area contributed by atoms with Crippen LogP contribution in [0, 0.1) is 5.41 Å². The third-order valence-electron chi connectivity index (χ3n) is 2.09. The summed E-state index contributed by atoms with van der Waals surface area (Å²) < 4.78 is 0. The Kier molecular flexibility index (Phi) is 2.03. The molecule has 1 aliphatic rings. The van der Waals surface area contributed by atoms with Gasteiger partial charge in [0.2, 0.25) is 5.91 Å². The molecule has 0 aromatic rings. The van der Waals surface area contributed by atoms with Gasteiger partial charge in [-0.1, -0.05) is 26.0 Å². The molecule has 62 valence electrons. The lowest BCUT2D eigenvalue weighted by atomic mass is 9.90. The lowest BCUT2D eigenvalue weighted by Crippen LogP contribution is -2.27. The van der Waals surface area contributed by atoms with Crippen LogP contribution in [0.25, 0.3) is 0 Å². The Balaban J connectivity index is 2.64. The molecule has 1 rings (SSSR count). The van der Waals surface area contributed by atoms with Crippen LogP contribution in [-0.2, 0) is 4.79 Å². The van der Waals surface area contributed by atoms with Crippen molar-refractivity contribution < 1.29 is 4.79 Å². The number of nitrogens with one attached hydrogen (secondary N) is 1. The van der Waals surface area contributed by atoms with Crippen LogP contribution >= 0.6 is 0 Å². The van der Waals surface area contributed by atoms with Crippen LogP contribution < -0.4 is 5.32 Å². The van der Waals surface area contributed by atoms with Crippen LogP contribution in [0.4, 0.5) is 0 Å². The molecule has 1 N–H and O–H groups in total. The van der Waals surface area contributed by atoms with E-state index >= 15 is 0 Å². The van der Waals surface area contributed by atoms with E-state index in [9.17, 15) is 4.79 Å². The molecule has 1 heterocycles. The first-order valence-electron chi connectivity index (χ1n) is 4.00. The van der Waals surface area contributed by atoms with Gasteiger partial charge < -0.3 is 5.32 Å². The first-order valence-corrected chi connectivity index (χ1v) is 4.00. The second kappa shape index (κ2) is 2.68. The normalized spacial score (nSPS) is 29.4. The number of hydrogen-bond acceptors (Lipinski definition) is 1. The zero-order chi connectivity index (χ0) is 8.48. The zero-order valence-electron chi connectivity index (χ0n) is 7.35. The van der Waals surface area contributed by atoms with E-state index in [1.807, 2.05) is 32.9 Å². The van der Waals surface area contributed by atoms with Crippen molar-refractivity contribution in [3.8, 4) is 0 Å². The number of carbonyl (C=O) groups excluding carboxylic acids is 1. The summed E-state index contributed by atoms with van der Waals surface area (Å²) in [5.74, 6) is 0.167. The van der Waals surface area contributed by atoms with E-state index in [-0.39, 0.29) is 17.4 Å². The minimum absolute atomic E-state index is 0.167. The van der Waals surface area contributed by atoms with Crippen LogP contribution in [0.3, 0.4) is 0 Å². The van der Waals surface area contributed by atoms with E-state index in [4.69, 9.17) is 0 Å². The number of carbonyl (C=O) groups is 1. The molecule has 1 amide bonds. The fraction of sp³-hybridized carbons (Fsp3) is 0.667. The number of hydrogen-bond donors (Lipinski definition) is 1. The molecule has 1 unspecified atom stereocenters. The molecule has 1 fully saturated rings. The first kappa shape index (κ1) is 8.31. The Labute approximate surface area is 67.7 Å². The molecule has 0 saturated carbocycles. The molecule has 0 aliphatic carbocycles. The van der Waals surface area contributed by atoms with Gasteiger partial charge in [0, 0.05) is 11.5 Å². The quantitative estimate of drug-likeness (QED) is 0.568. The predicted octanol–water partition coefficient (Wildman–Crippen LogP) is 1.48. The van der Waals surface area contributed by atoms with Gasteiger partial charge in [-0.3, -0.25) is 4.79 Å². The van der Waals surface area contributed by atoms with Gasteiger partial charge in [-0.05, 0) is 13.3 Å². The summed E-state index contributed by atoms with van der Waals surface area (Å²) in [5.41, 5.74) is -0.176. The Bertz CT molecular complexity index is 194. The highest BCUT2D eigenvalue weighted by Gasteiger charge is 2.37. The average Bonchev–Trinajstić information content (AvgIpc) is 2.08. The fourth-order valence-electron chi connectivity index (χ4n) is 1.41. The van der Waals surface area contributed by atoms with E-state index < -0.39 is 0 Å². The van der Waals surface area contributed by atoms with Crippen molar-refractivity contribution in [1.82, 2.24) is 5.32 Å². The predicted molar refractivity (Wildman–Crippen MR) is 45.1 cm³/mol. The van der Waals surface area contributed by atoms with E-state index in [2.05, 4.69) is 5.32 Å². The SMILES string of the molecule is C/C=C/C1CC(C)(C)C(=O)N1. The Hall–Kier alpha value is -0.790. The van der Waals surface area contributed by atoms with Gasteiger partial charge in [0.15, 0.2) is 0 Å². The molecule has 0 aromatic carbocycles. The highest BCUT2D eigenvalue weighted by Crippen LogP contribution is 2.28. The molecule has 1 saturated heterocycles. The van der Waals surface area contributed by atoms with Crippen molar-refractivity contribution >= 4 is 5.91 Å². The highest BCUT2D eigenvalue weighted by atomic mass is 16.2. The van der Waals surface area contributed by atoms with Gasteiger partial charge in [-0.25, -0.2) is 0 Å². The maximum atomic E-state index is 11.2. The third kappa shape index (κ3) is 1.62. The van der Waals surface area contributed by atoms with Crippen molar-refractivity contribution in [2.45, 2.75) is 33.2 Å². The molecular formula is C9H15NO. The maximum Gasteiger partial charge on any atom is 0.226 e. The van der Waals surface area contributed by atoms with E-state index in [0.717, 1.165) is 6.42 Å². The van der Waals surface area contributed by atoms with Crippen LogP contribution in [0.1, 0.15) is 27.2 Å². The van der Waals surface area contributed by atoms with Crippen LogP contribution in [0.5, 0.6) is 0 Å². The van der Waals surface area contributed by atoms with Crippen molar-refractivity contribution in [3.63, 3.8) is 0 Å². The van der Waals surface area contributed by atoms with Crippen LogP contribution in [0.15, 0.2) is 12.2 Å². The molecule has 0 bridgehead atoms. The Morgan fingerprint density at radius 3 is 2.64 bits per heavy atom. The van der Waals surface area contributed by atoms with Crippen molar-refractivity contribution in [1.29, 1.82) is 0 Å². The van der Waals surface area contributed by atoms with Gasteiger partial charge >= 0.3 is 0 Å². The van der Waals surface area contributed by atoms with Crippen molar-refractivity contribution in [2.75, 3.05) is 0 Å². The monoisotopic (exact) mass is 153 g/mol. The molecular weight excluding hydrogens is 138 g/mol. The van der Waals surface area contributed by atoms with Gasteiger partial charge in [-0.2, -0.15) is 0 Å². The number of rotatable bonds is 1. The van der Waals surface area contributed by atoms with E-state index in [0.29, 0.717) is 0 Å². The molecule has 1 atom stereocenters. The molecule has 0 aromatic heterocycles. The Morgan fingerprint density at radius 1 is 1.64 bits per heavy atom. The summed E-state index contributed by atoms with van der Waals surface area (Å²) in [5, 5.41) is 2.92. The summed E-state index contributed by atoms with van der Waals surface area (Å²) in [7, 11) is 0. The minimum Gasteiger partial charge on any atom is -0.349 e. The second-order valence-corrected chi connectivity index (χ2v) is 3.69. The average molecular weight is 153 g/mol. The van der Waals surface area contributed by atoms with E-state index in [1.165, 1.54) is 0 Å². The summed E-state index contributed by atoms with van der Waals surface area (Å²) in [6.07, 6.45) is 4.93. The molecule has 1 aliphatic heterocycles. The smallest absolute Gasteiger partial charge is 0.226 e. The zero-order valence-corrected chi connectivity index (χ0v) is 7.35. The lowest BCUT2D eigenvalue weighted by molar-refractivity contribution is -0.126. The fourth-order valence-corrected chi connectivity index (χ4v) is 1.41. The van der Waals surface area contributed by atoms with Crippen molar-refractivity contribution in [2.24, 2.45) is 5.41 Å². The molecule has 0 radical (unpaired) electrons.